The number of aromatic nitrogens is 1. The maximum Gasteiger partial charge on any atom is 0.255 e. The van der Waals surface area contributed by atoms with Gasteiger partial charge in [-0.2, -0.15) is 0 Å². The van der Waals surface area contributed by atoms with Crippen molar-refractivity contribution in [1.29, 1.82) is 0 Å². The second-order valence-electron chi connectivity index (χ2n) is 6.74. The zero-order valence-electron chi connectivity index (χ0n) is 15.5. The molecule has 0 saturated heterocycles. The Morgan fingerprint density at radius 1 is 1.16 bits per heavy atom. The molecule has 0 saturated carbocycles. The van der Waals surface area contributed by atoms with Gasteiger partial charge < -0.3 is 15.5 Å². The maximum absolute atomic E-state index is 12.4. The number of carbonyl (C=O) groups is 1. The highest BCUT2D eigenvalue weighted by Crippen LogP contribution is 2.18. The molecular weight excluding hydrogens is 312 g/mol. The van der Waals surface area contributed by atoms with Crippen LogP contribution >= 0.6 is 0 Å². The zero-order chi connectivity index (χ0) is 18.2. The molecule has 2 N–H and O–H groups in total. The number of hydrogen-bond acceptors (Lipinski definition) is 4. The molecule has 0 aliphatic heterocycles. The molecule has 134 valence electrons. The van der Waals surface area contributed by atoms with E-state index in [9.17, 15) is 4.79 Å². The molecule has 1 amide bonds. The lowest BCUT2D eigenvalue weighted by molar-refractivity contribution is 0.102. The van der Waals surface area contributed by atoms with E-state index in [-0.39, 0.29) is 5.91 Å². The van der Waals surface area contributed by atoms with Crippen LogP contribution in [-0.4, -0.2) is 43.0 Å². The lowest BCUT2D eigenvalue weighted by atomic mass is 10.0. The number of anilines is 2. The standard InChI is InChI=1S/C20H28N4O/c1-15(2)16-6-8-18(9-7-16)23-20(25)17-10-12-22-19(14-17)21-11-5-13-24(3)4/h6-10,12,14-15H,5,11,13H2,1-4H3,(H,21,22)(H,23,25). The van der Waals surface area contributed by atoms with Gasteiger partial charge in [0.05, 0.1) is 0 Å². The van der Waals surface area contributed by atoms with Crippen molar-refractivity contribution in [2.75, 3.05) is 37.8 Å². The van der Waals surface area contributed by atoms with E-state index in [4.69, 9.17) is 0 Å². The van der Waals surface area contributed by atoms with Crippen molar-refractivity contribution in [1.82, 2.24) is 9.88 Å². The van der Waals surface area contributed by atoms with Crippen molar-refractivity contribution in [3.05, 3.63) is 53.7 Å². The van der Waals surface area contributed by atoms with Crippen molar-refractivity contribution in [2.45, 2.75) is 26.2 Å². The van der Waals surface area contributed by atoms with Crippen LogP contribution in [0.2, 0.25) is 0 Å². The minimum atomic E-state index is -0.129. The van der Waals surface area contributed by atoms with Crippen LogP contribution in [0.25, 0.3) is 0 Å². The smallest absolute Gasteiger partial charge is 0.255 e. The lowest BCUT2D eigenvalue weighted by Gasteiger charge is -2.11. The molecule has 2 rings (SSSR count). The molecule has 25 heavy (non-hydrogen) atoms. The Hall–Kier alpha value is -2.40. The first-order chi connectivity index (χ1) is 12.0. The van der Waals surface area contributed by atoms with Crippen LogP contribution in [0, 0.1) is 0 Å². The Bertz CT molecular complexity index is 680. The van der Waals surface area contributed by atoms with Crippen molar-refractivity contribution in [3.63, 3.8) is 0 Å². The number of rotatable bonds is 8. The molecule has 1 heterocycles. The molecule has 0 aliphatic rings. The normalized spacial score (nSPS) is 11.0. The number of nitrogens with zero attached hydrogens (tertiary/aromatic N) is 2. The second-order valence-corrected chi connectivity index (χ2v) is 6.74. The van der Waals surface area contributed by atoms with Crippen LogP contribution in [0.15, 0.2) is 42.6 Å². The van der Waals surface area contributed by atoms with Crippen LogP contribution in [0.3, 0.4) is 0 Å². The van der Waals surface area contributed by atoms with Gasteiger partial charge in [-0.25, -0.2) is 4.98 Å². The molecule has 5 heteroatoms. The number of carbonyl (C=O) groups excluding carboxylic acids is 1. The third-order valence-corrected chi connectivity index (χ3v) is 3.95. The van der Waals surface area contributed by atoms with E-state index in [1.807, 2.05) is 24.3 Å². The van der Waals surface area contributed by atoms with E-state index >= 15 is 0 Å². The summed E-state index contributed by atoms with van der Waals surface area (Å²) in [6.45, 7) is 6.14. The van der Waals surface area contributed by atoms with Crippen LogP contribution in [0.1, 0.15) is 42.1 Å². The third-order valence-electron chi connectivity index (χ3n) is 3.95. The van der Waals surface area contributed by atoms with E-state index in [1.54, 1.807) is 18.3 Å². The third kappa shape index (κ3) is 6.19. The summed E-state index contributed by atoms with van der Waals surface area (Å²) in [6.07, 6.45) is 2.68. The van der Waals surface area contributed by atoms with Gasteiger partial charge in [-0.05, 0) is 62.8 Å². The van der Waals surface area contributed by atoms with Crippen molar-refractivity contribution >= 4 is 17.4 Å². The molecular formula is C20H28N4O. The topological polar surface area (TPSA) is 57.3 Å². The number of hydrogen-bond donors (Lipinski definition) is 2. The number of benzene rings is 1. The van der Waals surface area contributed by atoms with E-state index in [0.29, 0.717) is 11.5 Å². The highest BCUT2D eigenvalue weighted by Gasteiger charge is 2.08. The van der Waals surface area contributed by atoms with Gasteiger partial charge in [-0.1, -0.05) is 26.0 Å². The average Bonchev–Trinajstić information content (AvgIpc) is 2.59. The number of nitrogens with one attached hydrogen (secondary N) is 2. The fourth-order valence-corrected chi connectivity index (χ4v) is 2.43. The van der Waals surface area contributed by atoms with Gasteiger partial charge in [0.1, 0.15) is 5.82 Å². The average molecular weight is 340 g/mol. The molecule has 0 bridgehead atoms. The molecule has 1 aromatic heterocycles. The quantitative estimate of drug-likeness (QED) is 0.717. The molecule has 2 aromatic rings. The van der Waals surface area contributed by atoms with Gasteiger partial charge in [0.25, 0.3) is 5.91 Å². The Labute approximate surface area is 150 Å². The van der Waals surface area contributed by atoms with Crippen LogP contribution in [0.4, 0.5) is 11.5 Å². The second kappa shape index (κ2) is 9.18. The summed E-state index contributed by atoms with van der Waals surface area (Å²) >= 11 is 0. The highest BCUT2D eigenvalue weighted by atomic mass is 16.1. The Balaban J connectivity index is 1.93. The van der Waals surface area contributed by atoms with Gasteiger partial charge >= 0.3 is 0 Å². The molecule has 0 spiro atoms. The van der Waals surface area contributed by atoms with Crippen molar-refractivity contribution in [2.24, 2.45) is 0 Å². The molecule has 0 unspecified atom stereocenters. The van der Waals surface area contributed by atoms with Crippen molar-refractivity contribution in [3.8, 4) is 0 Å². The molecule has 0 aliphatic carbocycles. The van der Waals surface area contributed by atoms with Gasteiger partial charge in [0.15, 0.2) is 0 Å². The van der Waals surface area contributed by atoms with Gasteiger partial charge in [0, 0.05) is 24.0 Å². The summed E-state index contributed by atoms with van der Waals surface area (Å²) < 4.78 is 0. The van der Waals surface area contributed by atoms with Crippen LogP contribution in [0.5, 0.6) is 0 Å². The summed E-state index contributed by atoms with van der Waals surface area (Å²) in [5.74, 6) is 1.07. The molecule has 0 atom stereocenters. The number of amides is 1. The van der Waals surface area contributed by atoms with E-state index in [2.05, 4.69) is 48.5 Å². The predicted molar refractivity (Wildman–Crippen MR) is 104 cm³/mol. The minimum Gasteiger partial charge on any atom is -0.370 e. The van der Waals surface area contributed by atoms with Gasteiger partial charge in [-0.3, -0.25) is 4.79 Å². The molecule has 0 radical (unpaired) electrons. The summed E-state index contributed by atoms with van der Waals surface area (Å²) in [5.41, 5.74) is 2.65. The fraction of sp³-hybridized carbons (Fsp3) is 0.400. The van der Waals surface area contributed by atoms with E-state index in [0.717, 1.165) is 31.0 Å². The minimum absolute atomic E-state index is 0.129. The monoisotopic (exact) mass is 340 g/mol. The van der Waals surface area contributed by atoms with Crippen molar-refractivity contribution < 1.29 is 4.79 Å². The summed E-state index contributed by atoms with van der Waals surface area (Å²) in [7, 11) is 4.10. The maximum atomic E-state index is 12.4. The Morgan fingerprint density at radius 2 is 1.88 bits per heavy atom. The van der Waals surface area contributed by atoms with Crippen LogP contribution in [-0.2, 0) is 0 Å². The zero-order valence-corrected chi connectivity index (χ0v) is 15.5. The number of pyridine rings is 1. The summed E-state index contributed by atoms with van der Waals surface area (Å²) in [5, 5.41) is 6.19. The van der Waals surface area contributed by atoms with Gasteiger partial charge in [0.2, 0.25) is 0 Å². The van der Waals surface area contributed by atoms with Gasteiger partial charge in [-0.15, -0.1) is 0 Å². The Morgan fingerprint density at radius 3 is 2.52 bits per heavy atom. The SMILES string of the molecule is CC(C)c1ccc(NC(=O)c2ccnc(NCCCN(C)C)c2)cc1. The van der Waals surface area contributed by atoms with E-state index < -0.39 is 0 Å². The van der Waals surface area contributed by atoms with Crippen LogP contribution < -0.4 is 10.6 Å². The Kier molecular flexibility index (Phi) is 6.95. The predicted octanol–water partition coefficient (Wildman–Crippen LogP) is 3.82. The lowest BCUT2D eigenvalue weighted by Crippen LogP contribution is -2.17. The first-order valence-corrected chi connectivity index (χ1v) is 8.71. The highest BCUT2D eigenvalue weighted by molar-refractivity contribution is 6.04. The first kappa shape index (κ1) is 18.9. The molecule has 1 aromatic carbocycles. The largest absolute Gasteiger partial charge is 0.370 e. The van der Waals surface area contributed by atoms with E-state index in [1.165, 1.54) is 5.56 Å². The summed E-state index contributed by atoms with van der Waals surface area (Å²) in [4.78, 5) is 18.8. The first-order valence-electron chi connectivity index (χ1n) is 8.71. The molecule has 0 fully saturated rings. The summed E-state index contributed by atoms with van der Waals surface area (Å²) in [6, 6.07) is 11.5. The fourth-order valence-electron chi connectivity index (χ4n) is 2.43. The molecule has 5 nitrogen and oxygen atoms in total.